The monoisotopic (exact) mass is 417 g/mol. The van der Waals surface area contributed by atoms with Crippen LogP contribution in [0.3, 0.4) is 0 Å². The van der Waals surface area contributed by atoms with E-state index in [1.807, 2.05) is 31.3 Å². The maximum absolute atomic E-state index is 13.1. The van der Waals surface area contributed by atoms with Gasteiger partial charge in [0.05, 0.1) is 6.61 Å². The quantitative estimate of drug-likeness (QED) is 0.666. The number of hydrogen-bond acceptors (Lipinski definition) is 3. The van der Waals surface area contributed by atoms with Crippen LogP contribution in [0.5, 0.6) is 5.75 Å². The SMILES string of the molecule is CC1CC(COc2cccnc2C(F)(F)F)CN(C(=O)c2ccc3cc[nH]c3c2)C1. The Labute approximate surface area is 171 Å². The van der Waals surface area contributed by atoms with E-state index in [2.05, 4.69) is 9.97 Å². The van der Waals surface area contributed by atoms with Crippen LogP contribution in [0.2, 0.25) is 0 Å². The summed E-state index contributed by atoms with van der Waals surface area (Å²) < 4.78 is 44.9. The zero-order chi connectivity index (χ0) is 21.3. The van der Waals surface area contributed by atoms with E-state index < -0.39 is 11.9 Å². The summed E-state index contributed by atoms with van der Waals surface area (Å²) in [5.41, 5.74) is 0.452. The summed E-state index contributed by atoms with van der Waals surface area (Å²) in [6.45, 7) is 3.18. The number of carbonyl (C=O) groups excluding carboxylic acids is 1. The molecule has 3 aromatic rings. The van der Waals surface area contributed by atoms with Gasteiger partial charge >= 0.3 is 6.18 Å². The van der Waals surface area contributed by atoms with E-state index >= 15 is 0 Å². The Hall–Kier alpha value is -3.03. The van der Waals surface area contributed by atoms with Crippen molar-refractivity contribution in [1.29, 1.82) is 0 Å². The highest BCUT2D eigenvalue weighted by Gasteiger charge is 2.36. The van der Waals surface area contributed by atoms with Gasteiger partial charge in [0.25, 0.3) is 5.91 Å². The van der Waals surface area contributed by atoms with Gasteiger partial charge in [-0.15, -0.1) is 0 Å². The Morgan fingerprint density at radius 3 is 2.90 bits per heavy atom. The third kappa shape index (κ3) is 4.27. The van der Waals surface area contributed by atoms with Crippen molar-refractivity contribution in [3.63, 3.8) is 0 Å². The van der Waals surface area contributed by atoms with Gasteiger partial charge in [-0.1, -0.05) is 13.0 Å². The first-order valence-corrected chi connectivity index (χ1v) is 9.82. The van der Waals surface area contributed by atoms with E-state index in [0.717, 1.165) is 23.5 Å². The number of fused-ring (bicyclic) bond motifs is 1. The molecule has 0 spiro atoms. The number of carbonyl (C=O) groups is 1. The molecule has 1 N–H and O–H groups in total. The molecule has 30 heavy (non-hydrogen) atoms. The van der Waals surface area contributed by atoms with Crippen LogP contribution in [0.25, 0.3) is 10.9 Å². The van der Waals surface area contributed by atoms with Crippen molar-refractivity contribution in [3.05, 3.63) is 60.0 Å². The van der Waals surface area contributed by atoms with Gasteiger partial charge in [0.1, 0.15) is 5.75 Å². The fourth-order valence-electron chi connectivity index (χ4n) is 4.06. The van der Waals surface area contributed by atoms with Gasteiger partial charge in [0.2, 0.25) is 0 Å². The summed E-state index contributed by atoms with van der Waals surface area (Å²) in [7, 11) is 0. The fourth-order valence-corrected chi connectivity index (χ4v) is 4.06. The van der Waals surface area contributed by atoms with E-state index in [1.165, 1.54) is 12.1 Å². The molecule has 4 rings (SSSR count). The third-order valence-corrected chi connectivity index (χ3v) is 5.35. The number of ether oxygens (including phenoxy) is 1. The molecule has 1 aliphatic rings. The number of rotatable bonds is 4. The topological polar surface area (TPSA) is 58.2 Å². The van der Waals surface area contributed by atoms with Gasteiger partial charge in [0, 0.05) is 42.5 Å². The molecule has 8 heteroatoms. The van der Waals surface area contributed by atoms with Gasteiger partial charge in [-0.3, -0.25) is 4.79 Å². The molecule has 158 valence electrons. The van der Waals surface area contributed by atoms with E-state index in [9.17, 15) is 18.0 Å². The second kappa shape index (κ2) is 8.01. The van der Waals surface area contributed by atoms with Crippen LogP contribution in [0, 0.1) is 11.8 Å². The summed E-state index contributed by atoms with van der Waals surface area (Å²) in [4.78, 5) is 21.3. The Balaban J connectivity index is 1.45. The van der Waals surface area contributed by atoms with Crippen LogP contribution < -0.4 is 4.74 Å². The first kappa shape index (κ1) is 20.3. The number of aromatic amines is 1. The van der Waals surface area contributed by atoms with Gasteiger partial charge in [-0.2, -0.15) is 13.2 Å². The highest BCUT2D eigenvalue weighted by atomic mass is 19.4. The zero-order valence-corrected chi connectivity index (χ0v) is 16.4. The number of nitrogens with zero attached hydrogens (tertiary/aromatic N) is 2. The summed E-state index contributed by atoms with van der Waals surface area (Å²) in [6.07, 6.45) is -0.876. The zero-order valence-electron chi connectivity index (χ0n) is 16.4. The lowest BCUT2D eigenvalue weighted by molar-refractivity contribution is -0.142. The van der Waals surface area contributed by atoms with Crippen molar-refractivity contribution in [1.82, 2.24) is 14.9 Å². The fraction of sp³-hybridized carbons (Fsp3) is 0.364. The molecule has 1 fully saturated rings. The lowest BCUT2D eigenvalue weighted by Gasteiger charge is -2.36. The predicted molar refractivity (Wildman–Crippen MR) is 106 cm³/mol. The van der Waals surface area contributed by atoms with Crippen molar-refractivity contribution in [2.45, 2.75) is 19.5 Å². The molecule has 1 amide bonds. The first-order chi connectivity index (χ1) is 14.3. The van der Waals surface area contributed by atoms with Gasteiger partial charge in [-0.05, 0) is 48.1 Å². The Morgan fingerprint density at radius 1 is 1.27 bits per heavy atom. The molecule has 2 unspecified atom stereocenters. The van der Waals surface area contributed by atoms with E-state index in [4.69, 9.17) is 4.74 Å². The molecule has 1 aromatic carbocycles. The number of benzene rings is 1. The minimum atomic E-state index is -4.57. The predicted octanol–water partition coefficient (Wildman–Crippen LogP) is 4.76. The number of pyridine rings is 1. The summed E-state index contributed by atoms with van der Waals surface area (Å²) in [6, 6.07) is 10.2. The van der Waals surface area contributed by atoms with Crippen molar-refractivity contribution in [3.8, 4) is 5.75 Å². The molecule has 0 saturated carbocycles. The molecule has 1 saturated heterocycles. The number of hydrogen-bond donors (Lipinski definition) is 1. The number of aromatic nitrogens is 2. The van der Waals surface area contributed by atoms with Crippen LogP contribution in [0.15, 0.2) is 48.8 Å². The average Bonchev–Trinajstić information content (AvgIpc) is 3.18. The van der Waals surface area contributed by atoms with E-state index in [1.54, 1.807) is 11.0 Å². The summed E-state index contributed by atoms with van der Waals surface area (Å²) in [5, 5.41) is 1.03. The highest BCUT2D eigenvalue weighted by molar-refractivity contribution is 5.98. The Bertz CT molecular complexity index is 1050. The number of halogens is 3. The van der Waals surface area contributed by atoms with Crippen molar-refractivity contribution in [2.75, 3.05) is 19.7 Å². The van der Waals surface area contributed by atoms with Crippen molar-refractivity contribution >= 4 is 16.8 Å². The smallest absolute Gasteiger partial charge is 0.437 e. The van der Waals surface area contributed by atoms with Crippen LogP contribution >= 0.6 is 0 Å². The van der Waals surface area contributed by atoms with E-state index in [-0.39, 0.29) is 30.1 Å². The van der Waals surface area contributed by atoms with Crippen molar-refractivity contribution < 1.29 is 22.7 Å². The number of alkyl halides is 3. The molecule has 2 aromatic heterocycles. The van der Waals surface area contributed by atoms with Gasteiger partial charge < -0.3 is 14.6 Å². The molecular weight excluding hydrogens is 395 g/mol. The second-order valence-corrected chi connectivity index (χ2v) is 7.86. The van der Waals surface area contributed by atoms with Crippen LogP contribution in [0.1, 0.15) is 29.4 Å². The van der Waals surface area contributed by atoms with Crippen LogP contribution in [0.4, 0.5) is 13.2 Å². The Morgan fingerprint density at radius 2 is 2.10 bits per heavy atom. The minimum absolute atomic E-state index is 0.0618. The number of H-pyrrole nitrogens is 1. The van der Waals surface area contributed by atoms with Crippen molar-refractivity contribution in [2.24, 2.45) is 11.8 Å². The molecule has 1 aliphatic heterocycles. The summed E-state index contributed by atoms with van der Waals surface area (Å²) >= 11 is 0. The molecule has 0 radical (unpaired) electrons. The number of nitrogens with one attached hydrogen (secondary N) is 1. The average molecular weight is 417 g/mol. The number of piperidine rings is 1. The summed E-state index contributed by atoms with van der Waals surface area (Å²) in [5.74, 6) is -0.201. The lowest BCUT2D eigenvalue weighted by Crippen LogP contribution is -2.44. The first-order valence-electron chi connectivity index (χ1n) is 9.82. The molecule has 5 nitrogen and oxygen atoms in total. The normalized spacial score (nSPS) is 19.8. The number of amides is 1. The lowest BCUT2D eigenvalue weighted by atomic mass is 9.90. The molecule has 0 aliphatic carbocycles. The van der Waals surface area contributed by atoms with Crippen LogP contribution in [-0.4, -0.2) is 40.5 Å². The maximum Gasteiger partial charge on any atom is 0.437 e. The molecular formula is C22H22F3N3O2. The van der Waals surface area contributed by atoms with E-state index in [0.29, 0.717) is 18.7 Å². The molecule has 0 bridgehead atoms. The second-order valence-electron chi connectivity index (χ2n) is 7.86. The number of likely N-dealkylation sites (tertiary alicyclic amines) is 1. The molecule has 2 atom stereocenters. The maximum atomic E-state index is 13.1. The largest absolute Gasteiger partial charge is 0.491 e. The molecule has 3 heterocycles. The van der Waals surface area contributed by atoms with Crippen LogP contribution in [-0.2, 0) is 6.18 Å². The highest BCUT2D eigenvalue weighted by Crippen LogP contribution is 2.34. The minimum Gasteiger partial charge on any atom is -0.491 e. The van der Waals surface area contributed by atoms with Gasteiger partial charge in [0.15, 0.2) is 5.69 Å². The Kier molecular flexibility index (Phi) is 5.40. The standard InChI is InChI=1S/C22H22F3N3O2/c1-14-9-15(13-30-19-3-2-7-27-20(19)22(23,24)25)12-28(11-14)21(29)17-5-4-16-6-8-26-18(16)10-17/h2-8,10,14-15,26H,9,11-13H2,1H3. The third-order valence-electron chi connectivity index (χ3n) is 5.35. The van der Waals surface area contributed by atoms with Gasteiger partial charge in [-0.25, -0.2) is 4.98 Å².